The van der Waals surface area contributed by atoms with E-state index in [1.54, 1.807) is 12.4 Å². The molecule has 3 aromatic carbocycles. The highest BCUT2D eigenvalue weighted by Gasteiger charge is 2.21. The minimum absolute atomic E-state index is 0.191. The minimum Gasteiger partial charge on any atom is -0.344 e. The summed E-state index contributed by atoms with van der Waals surface area (Å²) in [6.07, 6.45) is 3.87. The van der Waals surface area contributed by atoms with Gasteiger partial charge in [-0.15, -0.1) is 0 Å². The van der Waals surface area contributed by atoms with Crippen LogP contribution < -0.4 is 11.1 Å². The van der Waals surface area contributed by atoms with Crippen LogP contribution in [-0.4, -0.2) is 22.1 Å². The number of H-pyrrole nitrogens is 1. The zero-order valence-corrected chi connectivity index (χ0v) is 15.4. The number of carbonyl (C=O) groups is 1. The quantitative estimate of drug-likeness (QED) is 0.487. The van der Waals surface area contributed by atoms with Gasteiger partial charge in [0.05, 0.1) is 18.3 Å². The molecule has 1 heterocycles. The summed E-state index contributed by atoms with van der Waals surface area (Å²) in [5, 5.41) is 12.1. The molecule has 4 rings (SSSR count). The lowest BCUT2D eigenvalue weighted by molar-refractivity contribution is -0.122. The lowest BCUT2D eigenvalue weighted by atomic mass is 9.95. The molecule has 4 aromatic rings. The summed E-state index contributed by atoms with van der Waals surface area (Å²) in [6.45, 7) is 0. The first-order chi connectivity index (χ1) is 13.7. The van der Waals surface area contributed by atoms with E-state index < -0.39 is 6.04 Å². The van der Waals surface area contributed by atoms with Gasteiger partial charge in [0.15, 0.2) is 0 Å². The highest BCUT2D eigenvalue weighted by atomic mass is 16.2. The fourth-order valence-electron chi connectivity index (χ4n) is 3.38. The summed E-state index contributed by atoms with van der Waals surface area (Å²) in [5.41, 5.74) is 9.09. The lowest BCUT2D eigenvalue weighted by Crippen LogP contribution is -2.43. The molecule has 5 heteroatoms. The van der Waals surface area contributed by atoms with E-state index in [1.807, 2.05) is 42.5 Å². The predicted octanol–water partition coefficient (Wildman–Crippen LogP) is 3.34. The standard InChI is InChI=1S/C23H22N4O/c24-21(12-16-14-25-26-15-16)23(28)27-22(18-7-2-1-3-8-18)20-11-10-17-6-4-5-9-19(17)13-20/h1-11,13-15,21-22H,12,24H2,(H,25,26)(H,27,28). The van der Waals surface area contributed by atoms with E-state index in [0.717, 1.165) is 22.1 Å². The fourth-order valence-corrected chi connectivity index (χ4v) is 3.38. The molecule has 0 spiro atoms. The highest BCUT2D eigenvalue weighted by molar-refractivity contribution is 5.85. The molecule has 0 aliphatic heterocycles. The molecule has 0 fully saturated rings. The molecular formula is C23H22N4O. The number of nitrogens with two attached hydrogens (primary N) is 1. The minimum atomic E-state index is -0.649. The number of nitrogens with one attached hydrogen (secondary N) is 2. The number of aromatic amines is 1. The molecule has 0 radical (unpaired) electrons. The van der Waals surface area contributed by atoms with E-state index in [-0.39, 0.29) is 11.9 Å². The van der Waals surface area contributed by atoms with Gasteiger partial charge in [0.1, 0.15) is 0 Å². The maximum Gasteiger partial charge on any atom is 0.238 e. The van der Waals surface area contributed by atoms with E-state index in [1.165, 1.54) is 5.39 Å². The molecule has 2 atom stereocenters. The van der Waals surface area contributed by atoms with Gasteiger partial charge in [0, 0.05) is 6.20 Å². The van der Waals surface area contributed by atoms with E-state index in [0.29, 0.717) is 6.42 Å². The van der Waals surface area contributed by atoms with E-state index in [9.17, 15) is 4.79 Å². The van der Waals surface area contributed by atoms with Crippen molar-refractivity contribution < 1.29 is 4.79 Å². The van der Waals surface area contributed by atoms with Crippen molar-refractivity contribution in [1.29, 1.82) is 0 Å². The van der Waals surface area contributed by atoms with E-state index >= 15 is 0 Å². The van der Waals surface area contributed by atoms with Crippen LogP contribution in [-0.2, 0) is 11.2 Å². The maximum absolute atomic E-state index is 12.8. The number of amides is 1. The molecule has 0 saturated carbocycles. The van der Waals surface area contributed by atoms with Crippen LogP contribution in [0.2, 0.25) is 0 Å². The van der Waals surface area contributed by atoms with Gasteiger partial charge in [0.25, 0.3) is 0 Å². The second-order valence-electron chi connectivity index (χ2n) is 6.88. The molecule has 0 saturated heterocycles. The Kier molecular flexibility index (Phi) is 5.17. The molecule has 2 unspecified atom stereocenters. The molecule has 28 heavy (non-hydrogen) atoms. The second kappa shape index (κ2) is 8.06. The predicted molar refractivity (Wildman–Crippen MR) is 111 cm³/mol. The first-order valence-corrected chi connectivity index (χ1v) is 9.28. The van der Waals surface area contributed by atoms with Crippen LogP contribution in [0.15, 0.2) is 85.2 Å². The number of aromatic nitrogens is 2. The molecular weight excluding hydrogens is 348 g/mol. The van der Waals surface area contributed by atoms with Gasteiger partial charge in [-0.2, -0.15) is 5.10 Å². The third-order valence-electron chi connectivity index (χ3n) is 4.87. The SMILES string of the molecule is NC(Cc1cn[nH]c1)C(=O)NC(c1ccccc1)c1ccc2ccccc2c1. The lowest BCUT2D eigenvalue weighted by Gasteiger charge is -2.22. The number of benzene rings is 3. The Bertz CT molecular complexity index is 1060. The fraction of sp³-hybridized carbons (Fsp3) is 0.130. The van der Waals surface area contributed by atoms with Crippen molar-refractivity contribution in [2.45, 2.75) is 18.5 Å². The van der Waals surface area contributed by atoms with Gasteiger partial charge in [-0.05, 0) is 39.9 Å². The Hall–Kier alpha value is -3.44. The van der Waals surface area contributed by atoms with Crippen LogP contribution in [0.4, 0.5) is 0 Å². The van der Waals surface area contributed by atoms with Gasteiger partial charge in [0.2, 0.25) is 5.91 Å². The number of nitrogens with zero attached hydrogens (tertiary/aromatic N) is 1. The largest absolute Gasteiger partial charge is 0.344 e. The van der Waals surface area contributed by atoms with Crippen molar-refractivity contribution in [3.05, 3.63) is 102 Å². The summed E-state index contributed by atoms with van der Waals surface area (Å²) >= 11 is 0. The smallest absolute Gasteiger partial charge is 0.238 e. The monoisotopic (exact) mass is 370 g/mol. The van der Waals surface area contributed by atoms with Crippen molar-refractivity contribution in [3.8, 4) is 0 Å². The number of rotatable bonds is 6. The third-order valence-corrected chi connectivity index (χ3v) is 4.87. The van der Waals surface area contributed by atoms with Crippen LogP contribution in [0.25, 0.3) is 10.8 Å². The molecule has 140 valence electrons. The topological polar surface area (TPSA) is 83.8 Å². The Labute approximate surface area is 163 Å². The van der Waals surface area contributed by atoms with Crippen LogP contribution in [0, 0.1) is 0 Å². The van der Waals surface area contributed by atoms with Crippen molar-refractivity contribution in [2.75, 3.05) is 0 Å². The van der Waals surface area contributed by atoms with Gasteiger partial charge >= 0.3 is 0 Å². The van der Waals surface area contributed by atoms with Crippen molar-refractivity contribution in [1.82, 2.24) is 15.5 Å². The molecule has 0 aliphatic carbocycles. The van der Waals surface area contributed by atoms with Crippen LogP contribution >= 0.6 is 0 Å². The van der Waals surface area contributed by atoms with Gasteiger partial charge < -0.3 is 11.1 Å². The first kappa shape index (κ1) is 17.9. The summed E-state index contributed by atoms with van der Waals surface area (Å²) in [7, 11) is 0. The summed E-state index contributed by atoms with van der Waals surface area (Å²) in [5.74, 6) is -0.191. The Morgan fingerprint density at radius 2 is 1.71 bits per heavy atom. The van der Waals surface area contributed by atoms with Gasteiger partial charge in [-0.1, -0.05) is 66.7 Å². The van der Waals surface area contributed by atoms with Gasteiger partial charge in [-0.3, -0.25) is 9.89 Å². The Morgan fingerprint density at radius 1 is 0.964 bits per heavy atom. The number of fused-ring (bicyclic) bond motifs is 1. The number of hydrogen-bond acceptors (Lipinski definition) is 3. The van der Waals surface area contributed by atoms with Crippen molar-refractivity contribution in [3.63, 3.8) is 0 Å². The number of hydrogen-bond donors (Lipinski definition) is 3. The highest BCUT2D eigenvalue weighted by Crippen LogP contribution is 2.26. The Balaban J connectivity index is 1.62. The van der Waals surface area contributed by atoms with Crippen LogP contribution in [0.5, 0.6) is 0 Å². The zero-order valence-electron chi connectivity index (χ0n) is 15.4. The molecule has 4 N–H and O–H groups in total. The van der Waals surface area contributed by atoms with E-state index in [4.69, 9.17) is 5.73 Å². The number of carbonyl (C=O) groups excluding carboxylic acids is 1. The second-order valence-corrected chi connectivity index (χ2v) is 6.88. The summed E-state index contributed by atoms with van der Waals surface area (Å²) in [4.78, 5) is 12.8. The van der Waals surface area contributed by atoms with Crippen molar-refractivity contribution in [2.24, 2.45) is 5.73 Å². The normalized spacial score (nSPS) is 13.2. The average Bonchev–Trinajstić information content (AvgIpc) is 3.25. The molecule has 1 aromatic heterocycles. The zero-order chi connectivity index (χ0) is 19.3. The van der Waals surface area contributed by atoms with E-state index in [2.05, 4.69) is 45.8 Å². The third kappa shape index (κ3) is 3.94. The molecule has 1 amide bonds. The maximum atomic E-state index is 12.8. The average molecular weight is 370 g/mol. The molecule has 0 bridgehead atoms. The molecule has 5 nitrogen and oxygen atoms in total. The van der Waals surface area contributed by atoms with Crippen molar-refractivity contribution >= 4 is 16.7 Å². The van der Waals surface area contributed by atoms with Crippen LogP contribution in [0.3, 0.4) is 0 Å². The summed E-state index contributed by atoms with van der Waals surface area (Å²) in [6, 6.07) is 23.5. The van der Waals surface area contributed by atoms with Crippen LogP contribution in [0.1, 0.15) is 22.7 Å². The molecule has 0 aliphatic rings. The Morgan fingerprint density at radius 3 is 2.46 bits per heavy atom. The van der Waals surface area contributed by atoms with Gasteiger partial charge in [-0.25, -0.2) is 0 Å². The summed E-state index contributed by atoms with van der Waals surface area (Å²) < 4.78 is 0. The first-order valence-electron chi connectivity index (χ1n) is 9.28.